The van der Waals surface area contributed by atoms with Crippen LogP contribution in [0.25, 0.3) is 0 Å². The first-order chi connectivity index (χ1) is 13.2. The second kappa shape index (κ2) is 7.95. The van der Waals surface area contributed by atoms with E-state index in [0.29, 0.717) is 5.75 Å². The van der Waals surface area contributed by atoms with Crippen molar-refractivity contribution in [1.82, 2.24) is 4.98 Å². The molecule has 0 atom stereocenters. The third kappa shape index (κ3) is 4.84. The van der Waals surface area contributed by atoms with Crippen molar-refractivity contribution in [3.05, 3.63) is 64.8 Å². The lowest BCUT2D eigenvalue weighted by atomic mass is 10.1. The van der Waals surface area contributed by atoms with Crippen LogP contribution < -0.4 is 10.1 Å². The van der Waals surface area contributed by atoms with Crippen LogP contribution in [0.1, 0.15) is 15.9 Å². The highest BCUT2D eigenvalue weighted by atomic mass is 32.2. The average Bonchev–Trinajstić information content (AvgIpc) is 3.11. The Balaban J connectivity index is 1.72. The number of phenolic OH excluding ortho intramolecular Hbond substituents is 1. The number of amides is 1. The summed E-state index contributed by atoms with van der Waals surface area (Å²) in [5.41, 5.74) is 0.671. The van der Waals surface area contributed by atoms with Gasteiger partial charge in [-0.2, -0.15) is 0 Å². The van der Waals surface area contributed by atoms with E-state index < -0.39 is 15.7 Å². The van der Waals surface area contributed by atoms with E-state index in [-0.39, 0.29) is 33.9 Å². The summed E-state index contributed by atoms with van der Waals surface area (Å²) in [6, 6.07) is 9.91. The third-order valence-electron chi connectivity index (χ3n) is 3.61. The van der Waals surface area contributed by atoms with Crippen LogP contribution in [0, 0.1) is 5.82 Å². The first kappa shape index (κ1) is 19.8. The maximum atomic E-state index is 12.9. The Labute approximate surface area is 164 Å². The normalized spacial score (nSPS) is 11.2. The van der Waals surface area contributed by atoms with Crippen molar-refractivity contribution in [1.29, 1.82) is 0 Å². The fourth-order valence-electron chi connectivity index (χ4n) is 2.19. The first-order valence-electron chi connectivity index (χ1n) is 7.89. The molecule has 28 heavy (non-hydrogen) atoms. The summed E-state index contributed by atoms with van der Waals surface area (Å²) >= 11 is 0.952. The second-order valence-corrected chi connectivity index (χ2v) is 8.63. The molecule has 0 aliphatic rings. The predicted molar refractivity (Wildman–Crippen MR) is 102 cm³/mol. The van der Waals surface area contributed by atoms with E-state index in [1.54, 1.807) is 12.1 Å². The number of rotatable bonds is 6. The Morgan fingerprint density at radius 1 is 1.25 bits per heavy atom. The van der Waals surface area contributed by atoms with Gasteiger partial charge in [0.05, 0.1) is 5.56 Å². The smallest absolute Gasteiger partial charge is 0.261 e. The number of halogens is 1. The van der Waals surface area contributed by atoms with Gasteiger partial charge in [-0.05, 0) is 35.9 Å². The highest BCUT2D eigenvalue weighted by Gasteiger charge is 2.17. The number of benzene rings is 2. The lowest BCUT2D eigenvalue weighted by molar-refractivity contribution is 0.102. The fraction of sp³-hybridized carbons (Fsp3) is 0.111. The summed E-state index contributed by atoms with van der Waals surface area (Å²) in [6.07, 6.45) is 1.02. The molecule has 0 saturated carbocycles. The molecule has 0 saturated heterocycles. The van der Waals surface area contributed by atoms with Gasteiger partial charge in [0.1, 0.15) is 23.9 Å². The summed E-state index contributed by atoms with van der Waals surface area (Å²) in [5, 5.41) is 13.7. The van der Waals surface area contributed by atoms with Gasteiger partial charge in [0, 0.05) is 11.6 Å². The number of sulfone groups is 1. The van der Waals surface area contributed by atoms with Crippen molar-refractivity contribution in [3.63, 3.8) is 0 Å². The second-order valence-electron chi connectivity index (χ2n) is 5.81. The molecule has 2 aromatic carbocycles. The lowest BCUT2D eigenvalue weighted by Crippen LogP contribution is -2.12. The lowest BCUT2D eigenvalue weighted by Gasteiger charge is -2.09. The number of aromatic hydroxyl groups is 1. The zero-order valence-electron chi connectivity index (χ0n) is 14.5. The molecular weight excluding hydrogens is 407 g/mol. The monoisotopic (exact) mass is 422 g/mol. The molecule has 3 aromatic rings. The van der Waals surface area contributed by atoms with Gasteiger partial charge < -0.3 is 9.84 Å². The number of hydrogen-bond donors (Lipinski definition) is 2. The standard InChI is InChI=1S/C18H15FN2O5S2/c1-28(24,25)16-10-27-18(20-16)21-17(23)14-8-13(6-7-15(14)22)26-9-11-2-4-12(19)5-3-11/h2-8,10,22H,9H2,1H3,(H,20,21,23). The molecule has 10 heteroatoms. The molecule has 1 aromatic heterocycles. The van der Waals surface area contributed by atoms with Gasteiger partial charge in [-0.3, -0.25) is 10.1 Å². The topological polar surface area (TPSA) is 106 Å². The first-order valence-corrected chi connectivity index (χ1v) is 10.7. The molecule has 0 spiro atoms. The van der Waals surface area contributed by atoms with Crippen LogP contribution in [0.5, 0.6) is 11.5 Å². The molecule has 1 amide bonds. The molecule has 146 valence electrons. The van der Waals surface area contributed by atoms with Crippen molar-refractivity contribution < 1.29 is 27.4 Å². The summed E-state index contributed by atoms with van der Waals surface area (Å²) in [7, 11) is -3.48. The number of aromatic nitrogens is 1. The van der Waals surface area contributed by atoms with Gasteiger partial charge in [-0.1, -0.05) is 12.1 Å². The molecule has 0 bridgehead atoms. The predicted octanol–water partition coefficient (Wildman–Crippen LogP) is 3.22. The van der Waals surface area contributed by atoms with Crippen molar-refractivity contribution in [3.8, 4) is 11.5 Å². The molecule has 1 heterocycles. The maximum absolute atomic E-state index is 12.9. The van der Waals surface area contributed by atoms with E-state index in [1.165, 1.54) is 35.7 Å². The van der Waals surface area contributed by atoms with Crippen LogP contribution in [0.3, 0.4) is 0 Å². The highest BCUT2D eigenvalue weighted by Crippen LogP contribution is 2.26. The van der Waals surface area contributed by atoms with Gasteiger partial charge >= 0.3 is 0 Å². The maximum Gasteiger partial charge on any atom is 0.261 e. The van der Waals surface area contributed by atoms with Crippen molar-refractivity contribution in [2.24, 2.45) is 0 Å². The van der Waals surface area contributed by atoms with Crippen LogP contribution in [-0.2, 0) is 16.4 Å². The van der Waals surface area contributed by atoms with Crippen molar-refractivity contribution >= 4 is 32.2 Å². The third-order valence-corrected chi connectivity index (χ3v) is 5.49. The largest absolute Gasteiger partial charge is 0.507 e. The quantitative estimate of drug-likeness (QED) is 0.632. The summed E-state index contributed by atoms with van der Waals surface area (Å²) in [6.45, 7) is 0.149. The zero-order chi connectivity index (χ0) is 20.3. The Hall–Kier alpha value is -2.98. The van der Waals surface area contributed by atoms with Crippen LogP contribution in [0.15, 0.2) is 52.9 Å². The molecule has 0 unspecified atom stereocenters. The van der Waals surface area contributed by atoms with Gasteiger partial charge in [0.2, 0.25) is 0 Å². The number of carbonyl (C=O) groups excluding carboxylic acids is 1. The molecule has 0 aliphatic carbocycles. The molecule has 2 N–H and O–H groups in total. The van der Waals surface area contributed by atoms with Crippen LogP contribution in [0.2, 0.25) is 0 Å². The zero-order valence-corrected chi connectivity index (χ0v) is 16.2. The number of anilines is 1. The SMILES string of the molecule is CS(=O)(=O)c1csc(NC(=O)c2cc(OCc3ccc(F)cc3)ccc2O)n1. The number of thiazole rings is 1. The summed E-state index contributed by atoms with van der Waals surface area (Å²) in [4.78, 5) is 16.2. The summed E-state index contributed by atoms with van der Waals surface area (Å²) in [5.74, 6) is -0.970. The van der Waals surface area contributed by atoms with E-state index in [0.717, 1.165) is 23.2 Å². The minimum atomic E-state index is -3.48. The fourth-order valence-corrected chi connectivity index (χ4v) is 3.91. The van der Waals surface area contributed by atoms with E-state index >= 15 is 0 Å². The molecular formula is C18H15FN2O5S2. The Bertz CT molecular complexity index is 1110. The molecule has 0 radical (unpaired) electrons. The number of hydrogen-bond acceptors (Lipinski definition) is 7. The number of ether oxygens (including phenoxy) is 1. The van der Waals surface area contributed by atoms with Crippen LogP contribution >= 0.6 is 11.3 Å². The minimum absolute atomic E-state index is 0.0623. The Kier molecular flexibility index (Phi) is 5.61. The summed E-state index contributed by atoms with van der Waals surface area (Å²) < 4.78 is 41.4. The van der Waals surface area contributed by atoms with Gasteiger partial charge in [0.15, 0.2) is 20.0 Å². The molecule has 3 rings (SSSR count). The Morgan fingerprint density at radius 2 is 1.96 bits per heavy atom. The molecule has 7 nitrogen and oxygen atoms in total. The van der Waals surface area contributed by atoms with Crippen molar-refractivity contribution in [2.75, 3.05) is 11.6 Å². The number of carbonyl (C=O) groups is 1. The molecule has 0 fully saturated rings. The average molecular weight is 422 g/mol. The van der Waals surface area contributed by atoms with E-state index in [9.17, 15) is 22.7 Å². The van der Waals surface area contributed by atoms with Crippen LogP contribution in [0.4, 0.5) is 9.52 Å². The van der Waals surface area contributed by atoms with E-state index in [4.69, 9.17) is 4.74 Å². The highest BCUT2D eigenvalue weighted by molar-refractivity contribution is 7.90. The van der Waals surface area contributed by atoms with Gasteiger partial charge in [-0.15, -0.1) is 11.3 Å². The number of nitrogens with one attached hydrogen (secondary N) is 1. The van der Waals surface area contributed by atoms with E-state index in [1.807, 2.05) is 0 Å². The van der Waals surface area contributed by atoms with Gasteiger partial charge in [0.25, 0.3) is 5.91 Å². The number of nitrogens with zero attached hydrogens (tertiary/aromatic N) is 1. The number of phenols is 1. The Morgan fingerprint density at radius 3 is 2.61 bits per heavy atom. The molecule has 0 aliphatic heterocycles. The van der Waals surface area contributed by atoms with Crippen molar-refractivity contribution in [2.45, 2.75) is 11.6 Å². The van der Waals surface area contributed by atoms with E-state index in [2.05, 4.69) is 10.3 Å². The minimum Gasteiger partial charge on any atom is -0.507 e. The van der Waals surface area contributed by atoms with Crippen LogP contribution in [-0.4, -0.2) is 30.7 Å². The van der Waals surface area contributed by atoms with Gasteiger partial charge in [-0.25, -0.2) is 17.8 Å².